The molecular weight excluding hydrogens is 495 g/mol. The summed E-state index contributed by atoms with van der Waals surface area (Å²) < 4.78 is 46.2. The number of carbonyl (C=O) groups is 1. The predicted octanol–water partition coefficient (Wildman–Crippen LogP) is 5.92. The third-order valence-corrected chi connectivity index (χ3v) is 6.23. The molecule has 5 rings (SSSR count). The fourth-order valence-electron chi connectivity index (χ4n) is 3.40. The van der Waals surface area contributed by atoms with Gasteiger partial charge in [0.1, 0.15) is 23.4 Å². The molecule has 4 aromatic rings. The number of alkyl halides is 3. The van der Waals surface area contributed by atoms with Crippen LogP contribution in [0.1, 0.15) is 34.9 Å². The molecule has 0 aliphatic heterocycles. The number of halogens is 4. The molecule has 1 saturated carbocycles. The van der Waals surface area contributed by atoms with E-state index in [0.717, 1.165) is 36.5 Å². The lowest BCUT2D eigenvalue weighted by atomic mass is 10.1. The molecule has 3 aromatic heterocycles. The Kier molecular flexibility index (Phi) is 4.82. The Morgan fingerprint density at radius 3 is 2.81 bits per heavy atom. The van der Waals surface area contributed by atoms with Gasteiger partial charge >= 0.3 is 6.18 Å². The maximum Gasteiger partial charge on any atom is 0.416 e. The molecule has 0 radical (unpaired) electrons. The van der Waals surface area contributed by atoms with Gasteiger partial charge in [0, 0.05) is 27.7 Å². The largest absolute Gasteiger partial charge is 0.416 e. The lowest BCUT2D eigenvalue weighted by molar-refractivity contribution is -0.137. The highest BCUT2D eigenvalue weighted by Gasteiger charge is 2.31. The van der Waals surface area contributed by atoms with Crippen LogP contribution in [0.5, 0.6) is 0 Å². The Hall–Kier alpha value is -2.79. The number of nitrogens with zero attached hydrogens (tertiary/aromatic N) is 4. The normalized spacial score (nSPS) is 14.2. The molecule has 1 N–H and O–H groups in total. The number of hydrogen-bond acceptors (Lipinski definition) is 5. The number of hydrogen-bond donors (Lipinski definition) is 1. The molecule has 0 atom stereocenters. The Labute approximate surface area is 186 Å². The molecule has 1 aliphatic carbocycles. The van der Waals surface area contributed by atoms with Gasteiger partial charge in [0.25, 0.3) is 5.91 Å². The number of carbonyl (C=O) groups excluding carboxylic acids is 1. The van der Waals surface area contributed by atoms with Crippen LogP contribution in [-0.4, -0.2) is 24.8 Å². The van der Waals surface area contributed by atoms with Crippen LogP contribution in [0.25, 0.3) is 22.3 Å². The van der Waals surface area contributed by atoms with Crippen LogP contribution in [0.3, 0.4) is 0 Å². The molecule has 6 nitrogen and oxygen atoms in total. The Bertz CT molecular complexity index is 1310. The minimum absolute atomic E-state index is 0.178. The summed E-state index contributed by atoms with van der Waals surface area (Å²) in [6.07, 6.45) is 0.879. The summed E-state index contributed by atoms with van der Waals surface area (Å²) in [4.78, 5) is 21.5. The average Bonchev–Trinajstić information content (AvgIpc) is 3.39. The van der Waals surface area contributed by atoms with E-state index in [1.807, 2.05) is 10.8 Å². The molecule has 1 aliphatic rings. The number of anilines is 1. The van der Waals surface area contributed by atoms with Crippen molar-refractivity contribution >= 4 is 50.1 Å². The summed E-state index contributed by atoms with van der Waals surface area (Å²) in [5.41, 5.74) is 0.912. The number of fused-ring (bicyclic) bond motifs is 1. The zero-order valence-electron chi connectivity index (χ0n) is 15.7. The Balaban J connectivity index is 1.49. The van der Waals surface area contributed by atoms with E-state index in [4.69, 9.17) is 0 Å². The van der Waals surface area contributed by atoms with E-state index in [-0.39, 0.29) is 17.0 Å². The molecule has 3 heterocycles. The first-order chi connectivity index (χ1) is 14.8. The SMILES string of the molecule is O=C(Nc1csnc1-c1cccc(C(F)(F)F)c1)c1ncnc2c1c(Br)cn2C1CC1. The third kappa shape index (κ3) is 3.72. The van der Waals surface area contributed by atoms with E-state index in [0.29, 0.717) is 27.2 Å². The third-order valence-electron chi connectivity index (χ3n) is 5.00. The van der Waals surface area contributed by atoms with Crippen molar-refractivity contribution in [1.29, 1.82) is 0 Å². The monoisotopic (exact) mass is 507 g/mol. The van der Waals surface area contributed by atoms with Crippen LogP contribution >= 0.6 is 27.5 Å². The van der Waals surface area contributed by atoms with Gasteiger partial charge in [-0.2, -0.15) is 17.5 Å². The molecule has 0 saturated heterocycles. The summed E-state index contributed by atoms with van der Waals surface area (Å²) in [5, 5.41) is 4.92. The second-order valence-corrected chi connectivity index (χ2v) is 8.63. The fraction of sp³-hybridized carbons (Fsp3) is 0.200. The topological polar surface area (TPSA) is 72.7 Å². The minimum atomic E-state index is -4.47. The predicted molar refractivity (Wildman–Crippen MR) is 114 cm³/mol. The van der Waals surface area contributed by atoms with Crippen molar-refractivity contribution in [2.45, 2.75) is 25.1 Å². The first-order valence-electron chi connectivity index (χ1n) is 9.27. The molecule has 158 valence electrons. The van der Waals surface area contributed by atoms with Crippen molar-refractivity contribution in [2.24, 2.45) is 0 Å². The van der Waals surface area contributed by atoms with Crippen molar-refractivity contribution in [2.75, 3.05) is 5.32 Å². The molecule has 0 bridgehead atoms. The number of benzene rings is 1. The van der Waals surface area contributed by atoms with Gasteiger partial charge in [-0.15, -0.1) is 0 Å². The lowest BCUT2D eigenvalue weighted by Gasteiger charge is -2.10. The van der Waals surface area contributed by atoms with Crippen molar-refractivity contribution in [1.82, 2.24) is 18.9 Å². The van der Waals surface area contributed by atoms with E-state index in [9.17, 15) is 18.0 Å². The molecule has 1 fully saturated rings. The van der Waals surface area contributed by atoms with Crippen molar-refractivity contribution in [3.8, 4) is 11.3 Å². The van der Waals surface area contributed by atoms with E-state index in [1.54, 1.807) is 5.38 Å². The molecule has 0 spiro atoms. The molecule has 31 heavy (non-hydrogen) atoms. The van der Waals surface area contributed by atoms with Crippen molar-refractivity contribution in [3.05, 3.63) is 57.9 Å². The van der Waals surface area contributed by atoms with E-state index < -0.39 is 17.6 Å². The van der Waals surface area contributed by atoms with Gasteiger partial charge in [-0.3, -0.25) is 4.79 Å². The van der Waals surface area contributed by atoms with E-state index >= 15 is 0 Å². The Morgan fingerprint density at radius 2 is 2.06 bits per heavy atom. The van der Waals surface area contributed by atoms with Gasteiger partial charge in [-0.1, -0.05) is 12.1 Å². The lowest BCUT2D eigenvalue weighted by Crippen LogP contribution is -2.15. The van der Waals surface area contributed by atoms with Crippen LogP contribution in [0.4, 0.5) is 18.9 Å². The molecular formula is C20H13BrF3N5OS. The maximum atomic E-state index is 13.1. The maximum absolute atomic E-state index is 13.1. The van der Waals surface area contributed by atoms with E-state index in [1.165, 1.54) is 18.5 Å². The summed E-state index contributed by atoms with van der Waals surface area (Å²) in [7, 11) is 0. The number of aromatic nitrogens is 4. The second kappa shape index (κ2) is 7.41. The molecule has 1 aromatic carbocycles. The Morgan fingerprint density at radius 1 is 1.26 bits per heavy atom. The minimum Gasteiger partial charge on any atom is -0.328 e. The van der Waals surface area contributed by atoms with Crippen LogP contribution in [0.15, 0.2) is 46.6 Å². The molecule has 1 amide bonds. The number of rotatable bonds is 4. The van der Waals surface area contributed by atoms with Gasteiger partial charge < -0.3 is 9.88 Å². The van der Waals surface area contributed by atoms with Crippen LogP contribution < -0.4 is 5.32 Å². The summed E-state index contributed by atoms with van der Waals surface area (Å²) >= 11 is 4.53. The van der Waals surface area contributed by atoms with Crippen LogP contribution in [0, 0.1) is 0 Å². The average molecular weight is 508 g/mol. The first kappa shape index (κ1) is 20.1. The summed E-state index contributed by atoms with van der Waals surface area (Å²) in [5.74, 6) is -0.491. The van der Waals surface area contributed by atoms with Gasteiger partial charge in [0.2, 0.25) is 0 Å². The van der Waals surface area contributed by atoms with E-state index in [2.05, 4.69) is 35.6 Å². The highest BCUT2D eigenvalue weighted by molar-refractivity contribution is 9.10. The zero-order chi connectivity index (χ0) is 21.8. The van der Waals surface area contributed by atoms with Crippen molar-refractivity contribution in [3.63, 3.8) is 0 Å². The number of nitrogens with one attached hydrogen (secondary N) is 1. The molecule has 0 unspecified atom stereocenters. The van der Waals surface area contributed by atoms with Gasteiger partial charge in [0.15, 0.2) is 0 Å². The summed E-state index contributed by atoms with van der Waals surface area (Å²) in [6, 6.07) is 5.21. The fourth-order valence-corrected chi connectivity index (χ4v) is 4.62. The highest BCUT2D eigenvalue weighted by atomic mass is 79.9. The van der Waals surface area contributed by atoms with Gasteiger partial charge in [-0.25, -0.2) is 9.97 Å². The van der Waals surface area contributed by atoms with Crippen LogP contribution in [0.2, 0.25) is 0 Å². The van der Waals surface area contributed by atoms with Gasteiger partial charge in [-0.05, 0) is 52.4 Å². The smallest absolute Gasteiger partial charge is 0.328 e. The second-order valence-electron chi connectivity index (χ2n) is 7.15. The zero-order valence-corrected chi connectivity index (χ0v) is 18.1. The molecule has 11 heteroatoms. The van der Waals surface area contributed by atoms with Crippen molar-refractivity contribution < 1.29 is 18.0 Å². The standard InChI is InChI=1S/C20H13BrF3N5OS/c21-13-7-29(12-4-5-12)18-15(13)17(25-9-26-18)19(30)27-14-8-31-28-16(14)10-2-1-3-11(6-10)20(22,23)24/h1-3,6-9,12H,4-5H2,(H,27,30). The summed E-state index contributed by atoms with van der Waals surface area (Å²) in [6.45, 7) is 0. The highest BCUT2D eigenvalue weighted by Crippen LogP contribution is 2.40. The quantitative estimate of drug-likeness (QED) is 0.371. The number of amides is 1. The van der Waals surface area contributed by atoms with Gasteiger partial charge in [0.05, 0.1) is 16.6 Å². The van der Waals surface area contributed by atoms with Crippen LogP contribution in [-0.2, 0) is 6.18 Å². The first-order valence-corrected chi connectivity index (χ1v) is 10.9.